The van der Waals surface area contributed by atoms with Gasteiger partial charge in [-0.15, -0.1) is 0 Å². The maximum absolute atomic E-state index is 13.0. The molecule has 0 saturated heterocycles. The van der Waals surface area contributed by atoms with Crippen LogP contribution in [0.1, 0.15) is 17.3 Å². The Balaban J connectivity index is 2.35. The minimum atomic E-state index is -0.261. The van der Waals surface area contributed by atoms with Gasteiger partial charge in [0.25, 0.3) is 0 Å². The first-order valence-corrected chi connectivity index (χ1v) is 6.68. The van der Waals surface area contributed by atoms with Crippen molar-refractivity contribution in [3.63, 3.8) is 0 Å². The molecule has 1 aromatic carbocycles. The summed E-state index contributed by atoms with van der Waals surface area (Å²) >= 11 is 6.24. The van der Waals surface area contributed by atoms with Crippen molar-refractivity contribution in [3.8, 4) is 0 Å². The van der Waals surface area contributed by atoms with Gasteiger partial charge in [0.2, 0.25) is 0 Å². The smallest absolute Gasteiger partial charge is 0.123 e. The van der Waals surface area contributed by atoms with Crippen LogP contribution in [0.15, 0.2) is 30.5 Å². The van der Waals surface area contributed by atoms with E-state index in [4.69, 9.17) is 16.3 Å². The highest BCUT2D eigenvalue weighted by molar-refractivity contribution is 6.31. The van der Waals surface area contributed by atoms with E-state index in [0.717, 1.165) is 11.3 Å². The molecule has 0 amide bonds. The van der Waals surface area contributed by atoms with E-state index in [9.17, 15) is 4.39 Å². The van der Waals surface area contributed by atoms with E-state index in [1.54, 1.807) is 30.1 Å². The van der Waals surface area contributed by atoms with Gasteiger partial charge in [-0.2, -0.15) is 5.10 Å². The largest absolute Gasteiger partial charge is 0.383 e. The summed E-state index contributed by atoms with van der Waals surface area (Å²) in [5.74, 6) is -0.261. The fourth-order valence-corrected chi connectivity index (χ4v) is 2.38. The summed E-state index contributed by atoms with van der Waals surface area (Å²) in [5.41, 5.74) is 1.77. The second-order valence-electron chi connectivity index (χ2n) is 4.37. The zero-order valence-corrected chi connectivity index (χ0v) is 12.2. The molecule has 4 nitrogen and oxygen atoms in total. The first kappa shape index (κ1) is 15.0. The summed E-state index contributed by atoms with van der Waals surface area (Å²) in [6.07, 6.45) is 1.61. The molecule has 2 aromatic rings. The monoisotopic (exact) mass is 297 g/mol. The van der Waals surface area contributed by atoms with Crippen LogP contribution < -0.4 is 5.32 Å². The van der Waals surface area contributed by atoms with Gasteiger partial charge in [-0.1, -0.05) is 23.7 Å². The molecule has 1 aromatic heterocycles. The maximum Gasteiger partial charge on any atom is 0.123 e. The Bertz CT molecular complexity index is 556. The van der Waals surface area contributed by atoms with Gasteiger partial charge in [-0.25, -0.2) is 4.39 Å². The summed E-state index contributed by atoms with van der Waals surface area (Å²) in [6, 6.07) is 6.19. The molecule has 0 saturated carbocycles. The van der Waals surface area contributed by atoms with Crippen LogP contribution >= 0.6 is 11.6 Å². The normalized spacial score (nSPS) is 12.6. The number of benzene rings is 1. The van der Waals surface area contributed by atoms with E-state index in [1.165, 1.54) is 12.1 Å². The van der Waals surface area contributed by atoms with E-state index in [-0.39, 0.29) is 11.9 Å². The summed E-state index contributed by atoms with van der Waals surface area (Å²) in [4.78, 5) is 0. The van der Waals surface area contributed by atoms with Gasteiger partial charge in [0.05, 0.1) is 36.1 Å². The van der Waals surface area contributed by atoms with Gasteiger partial charge in [-0.05, 0) is 24.7 Å². The predicted molar refractivity (Wildman–Crippen MR) is 76.4 cm³/mol. The second kappa shape index (κ2) is 6.83. The van der Waals surface area contributed by atoms with Gasteiger partial charge in [0, 0.05) is 7.11 Å². The number of nitrogens with zero attached hydrogens (tertiary/aromatic N) is 2. The van der Waals surface area contributed by atoms with Crippen LogP contribution in [-0.2, 0) is 11.3 Å². The zero-order valence-electron chi connectivity index (χ0n) is 11.4. The third-order valence-corrected chi connectivity index (χ3v) is 3.40. The molecule has 0 radical (unpaired) electrons. The van der Waals surface area contributed by atoms with Crippen molar-refractivity contribution in [2.75, 3.05) is 20.8 Å². The Morgan fingerprint density at radius 3 is 2.70 bits per heavy atom. The van der Waals surface area contributed by atoms with Gasteiger partial charge >= 0.3 is 0 Å². The van der Waals surface area contributed by atoms with Crippen molar-refractivity contribution in [1.82, 2.24) is 15.1 Å². The van der Waals surface area contributed by atoms with Crippen LogP contribution in [-0.4, -0.2) is 30.5 Å². The molecule has 0 aliphatic rings. The SMILES string of the molecule is CNC(c1ccc(F)cc1)c1c(Cl)cnn1CCOC. The summed E-state index contributed by atoms with van der Waals surface area (Å²) < 4.78 is 19.9. The fraction of sp³-hybridized carbons (Fsp3) is 0.357. The lowest BCUT2D eigenvalue weighted by molar-refractivity contribution is 0.182. The van der Waals surface area contributed by atoms with Crippen LogP contribution in [0.2, 0.25) is 5.02 Å². The number of nitrogens with one attached hydrogen (secondary N) is 1. The number of rotatable bonds is 6. The number of hydrogen-bond donors (Lipinski definition) is 1. The van der Waals surface area contributed by atoms with E-state index in [2.05, 4.69) is 10.4 Å². The zero-order chi connectivity index (χ0) is 14.5. The molecule has 1 heterocycles. The van der Waals surface area contributed by atoms with Crippen molar-refractivity contribution in [1.29, 1.82) is 0 Å². The third kappa shape index (κ3) is 3.17. The predicted octanol–water partition coefficient (Wildman–Crippen LogP) is 2.63. The maximum atomic E-state index is 13.0. The Kier molecular flexibility index (Phi) is 5.11. The summed E-state index contributed by atoms with van der Waals surface area (Å²) in [7, 11) is 3.47. The van der Waals surface area contributed by atoms with Crippen LogP contribution in [0.4, 0.5) is 4.39 Å². The van der Waals surface area contributed by atoms with Gasteiger partial charge in [0.15, 0.2) is 0 Å². The van der Waals surface area contributed by atoms with E-state index >= 15 is 0 Å². The van der Waals surface area contributed by atoms with Crippen molar-refractivity contribution < 1.29 is 9.13 Å². The molecule has 1 atom stereocenters. The molecule has 1 unspecified atom stereocenters. The first-order valence-electron chi connectivity index (χ1n) is 6.30. The molecule has 0 bridgehead atoms. The van der Waals surface area contributed by atoms with Crippen LogP contribution in [0.25, 0.3) is 0 Å². The number of aromatic nitrogens is 2. The minimum absolute atomic E-state index is 0.151. The first-order chi connectivity index (χ1) is 9.67. The molecule has 0 spiro atoms. The number of halogens is 2. The Labute approximate surface area is 122 Å². The third-order valence-electron chi connectivity index (χ3n) is 3.11. The van der Waals surface area contributed by atoms with Crippen LogP contribution in [0, 0.1) is 5.82 Å². The van der Waals surface area contributed by atoms with E-state index in [0.29, 0.717) is 18.2 Å². The Morgan fingerprint density at radius 2 is 2.10 bits per heavy atom. The van der Waals surface area contributed by atoms with Crippen LogP contribution in [0.5, 0.6) is 0 Å². The highest BCUT2D eigenvalue weighted by Crippen LogP contribution is 2.28. The molecule has 2 rings (SSSR count). The van der Waals surface area contributed by atoms with Crippen molar-refractivity contribution >= 4 is 11.6 Å². The van der Waals surface area contributed by atoms with E-state index < -0.39 is 0 Å². The highest BCUT2D eigenvalue weighted by atomic mass is 35.5. The van der Waals surface area contributed by atoms with Crippen molar-refractivity contribution in [2.24, 2.45) is 0 Å². The molecule has 20 heavy (non-hydrogen) atoms. The topological polar surface area (TPSA) is 39.1 Å². The van der Waals surface area contributed by atoms with Gasteiger partial charge in [0.1, 0.15) is 5.82 Å². The lowest BCUT2D eigenvalue weighted by Crippen LogP contribution is -2.23. The molecule has 6 heteroatoms. The van der Waals surface area contributed by atoms with Gasteiger partial charge < -0.3 is 10.1 Å². The molecular weight excluding hydrogens is 281 g/mol. The van der Waals surface area contributed by atoms with Crippen molar-refractivity contribution in [2.45, 2.75) is 12.6 Å². The summed E-state index contributed by atoms with van der Waals surface area (Å²) in [6.45, 7) is 1.16. The highest BCUT2D eigenvalue weighted by Gasteiger charge is 2.20. The second-order valence-corrected chi connectivity index (χ2v) is 4.77. The van der Waals surface area contributed by atoms with E-state index in [1.807, 2.05) is 7.05 Å². The quantitative estimate of drug-likeness (QED) is 0.891. The molecule has 0 fully saturated rings. The minimum Gasteiger partial charge on any atom is -0.383 e. The Hall–Kier alpha value is -1.43. The number of methoxy groups -OCH3 is 1. The standard InChI is InChI=1S/C14H17ClFN3O/c1-17-13(10-3-5-11(16)6-4-10)14-12(15)9-18-19(14)7-8-20-2/h3-6,9,13,17H,7-8H2,1-2H3. The van der Waals surface area contributed by atoms with Crippen LogP contribution in [0.3, 0.4) is 0 Å². The molecule has 108 valence electrons. The lowest BCUT2D eigenvalue weighted by Gasteiger charge is -2.19. The number of ether oxygens (including phenoxy) is 1. The number of hydrogen-bond acceptors (Lipinski definition) is 3. The molecule has 0 aliphatic heterocycles. The molecule has 0 aliphatic carbocycles. The summed E-state index contributed by atoms with van der Waals surface area (Å²) in [5, 5.41) is 8.02. The average molecular weight is 298 g/mol. The Morgan fingerprint density at radius 1 is 1.40 bits per heavy atom. The van der Waals surface area contributed by atoms with Crippen molar-refractivity contribution in [3.05, 3.63) is 52.6 Å². The van der Waals surface area contributed by atoms with Gasteiger partial charge in [-0.3, -0.25) is 4.68 Å². The lowest BCUT2D eigenvalue weighted by atomic mass is 10.0. The molecular formula is C14H17ClFN3O. The average Bonchev–Trinajstić information content (AvgIpc) is 2.81. The fourth-order valence-electron chi connectivity index (χ4n) is 2.13. The molecule has 1 N–H and O–H groups in total.